The largest absolute Gasteiger partial charge is 0.318 e. The summed E-state index contributed by atoms with van der Waals surface area (Å²) in [5.41, 5.74) is 0.152. The summed E-state index contributed by atoms with van der Waals surface area (Å²) >= 11 is 0. The predicted molar refractivity (Wildman–Crippen MR) is 95.3 cm³/mol. The van der Waals surface area contributed by atoms with E-state index < -0.39 is 29.5 Å². The minimum atomic E-state index is -1.06. The topological polar surface area (TPSA) is 140 Å². The first kappa shape index (κ1) is 19.6. The molecule has 29 heavy (non-hydrogen) atoms. The van der Waals surface area contributed by atoms with E-state index in [-0.39, 0.29) is 28.8 Å². The molecular formula is C18H14N4O7. The summed E-state index contributed by atoms with van der Waals surface area (Å²) in [5, 5.41) is 9.24. The highest BCUT2D eigenvalue weighted by molar-refractivity contribution is 6.22. The summed E-state index contributed by atoms with van der Waals surface area (Å²) in [4.78, 5) is 69.7. The Morgan fingerprint density at radius 1 is 1.28 bits per heavy atom. The van der Waals surface area contributed by atoms with Gasteiger partial charge in [0, 0.05) is 18.8 Å². The third-order valence-corrected chi connectivity index (χ3v) is 4.25. The molecule has 0 N–H and O–H groups in total. The summed E-state index contributed by atoms with van der Waals surface area (Å²) in [5.74, 6) is -2.02. The monoisotopic (exact) mass is 398 g/mol. The number of rotatable bonds is 7. The summed E-state index contributed by atoms with van der Waals surface area (Å²) in [6, 6.07) is 7.36. The highest BCUT2D eigenvalue weighted by Crippen LogP contribution is 2.27. The average molecular weight is 398 g/mol. The fourth-order valence-electron chi connectivity index (χ4n) is 2.83. The van der Waals surface area contributed by atoms with E-state index in [2.05, 4.69) is 9.82 Å². The Labute approximate surface area is 163 Å². The lowest BCUT2D eigenvalue weighted by Crippen LogP contribution is -2.31. The Bertz CT molecular complexity index is 1020. The van der Waals surface area contributed by atoms with Crippen molar-refractivity contribution in [1.82, 2.24) is 14.8 Å². The van der Waals surface area contributed by atoms with Gasteiger partial charge < -0.3 is 4.90 Å². The molecule has 1 aliphatic heterocycles. The lowest BCUT2D eigenvalue weighted by atomic mass is 9.99. The van der Waals surface area contributed by atoms with Crippen LogP contribution in [0.2, 0.25) is 0 Å². The van der Waals surface area contributed by atoms with Crippen LogP contribution in [-0.4, -0.2) is 57.7 Å². The van der Waals surface area contributed by atoms with Gasteiger partial charge in [0.1, 0.15) is 0 Å². The van der Waals surface area contributed by atoms with Crippen molar-refractivity contribution in [3.8, 4) is 0 Å². The van der Waals surface area contributed by atoms with Crippen molar-refractivity contribution in [1.29, 1.82) is 0 Å². The van der Waals surface area contributed by atoms with E-state index in [4.69, 9.17) is 0 Å². The minimum Gasteiger partial charge on any atom is -0.318 e. The number of imide groups is 1. The molecule has 0 spiro atoms. The van der Waals surface area contributed by atoms with Gasteiger partial charge in [-0.3, -0.25) is 33.9 Å². The highest BCUT2D eigenvalue weighted by Gasteiger charge is 2.37. The number of amides is 3. The molecule has 1 aromatic heterocycles. The summed E-state index contributed by atoms with van der Waals surface area (Å²) in [6.07, 6.45) is 1.90. The van der Waals surface area contributed by atoms with Crippen LogP contribution in [0.5, 0.6) is 0 Å². The summed E-state index contributed by atoms with van der Waals surface area (Å²) in [6.45, 7) is -0.733. The molecule has 0 fully saturated rings. The molecule has 3 rings (SSSR count). The number of hydrogen-bond donors (Lipinski definition) is 0. The maximum Gasteiger partial charge on any atom is 0.296 e. The summed E-state index contributed by atoms with van der Waals surface area (Å²) < 4.78 is 0. The minimum absolute atomic E-state index is 0.00576. The first-order valence-corrected chi connectivity index (χ1v) is 8.25. The number of aromatic nitrogens is 1. The second kappa shape index (κ2) is 7.84. The van der Waals surface area contributed by atoms with Gasteiger partial charge in [-0.15, -0.1) is 10.1 Å². The summed E-state index contributed by atoms with van der Waals surface area (Å²) in [7, 11) is 1.23. The van der Waals surface area contributed by atoms with Gasteiger partial charge in [0.25, 0.3) is 22.8 Å². The van der Waals surface area contributed by atoms with Gasteiger partial charge in [0.05, 0.1) is 28.9 Å². The molecule has 0 saturated carbocycles. The number of carbonyl (C=O) groups excluding carboxylic acids is 4. The Kier molecular flexibility index (Phi) is 5.30. The van der Waals surface area contributed by atoms with Crippen molar-refractivity contribution >= 4 is 24.0 Å². The first-order chi connectivity index (χ1) is 13.8. The lowest BCUT2D eigenvalue weighted by molar-refractivity contribution is -0.761. The van der Waals surface area contributed by atoms with Crippen LogP contribution in [0, 0.1) is 10.1 Å². The Morgan fingerprint density at radius 2 is 1.97 bits per heavy atom. The quantitative estimate of drug-likeness (QED) is 0.221. The van der Waals surface area contributed by atoms with Crippen molar-refractivity contribution in [3.63, 3.8) is 0 Å². The lowest BCUT2D eigenvalue weighted by Gasteiger charge is -2.17. The third kappa shape index (κ3) is 3.78. The molecule has 1 aliphatic rings. The van der Waals surface area contributed by atoms with E-state index in [1.54, 1.807) is 18.2 Å². The Morgan fingerprint density at radius 3 is 2.55 bits per heavy atom. The molecule has 0 aliphatic carbocycles. The average Bonchev–Trinajstić information content (AvgIpc) is 2.95. The van der Waals surface area contributed by atoms with Gasteiger partial charge in [-0.2, -0.15) is 0 Å². The van der Waals surface area contributed by atoms with E-state index in [1.165, 1.54) is 13.2 Å². The number of aldehydes is 1. The van der Waals surface area contributed by atoms with Gasteiger partial charge in [0.15, 0.2) is 13.0 Å². The number of carbonyl (C=O) groups is 4. The van der Waals surface area contributed by atoms with E-state index in [1.807, 2.05) is 0 Å². The van der Waals surface area contributed by atoms with Gasteiger partial charge in [0.2, 0.25) is 0 Å². The maximum atomic E-state index is 12.7. The van der Waals surface area contributed by atoms with Gasteiger partial charge >= 0.3 is 0 Å². The molecule has 11 nitrogen and oxygen atoms in total. The van der Waals surface area contributed by atoms with Crippen LogP contribution in [0.1, 0.15) is 47.1 Å². The Hall–Kier alpha value is -4.15. The molecule has 0 saturated heterocycles. The first-order valence-electron chi connectivity index (χ1n) is 8.25. The second-order valence-electron chi connectivity index (χ2n) is 6.11. The van der Waals surface area contributed by atoms with E-state index >= 15 is 0 Å². The van der Waals surface area contributed by atoms with Crippen LogP contribution in [0.15, 0.2) is 36.5 Å². The number of nitrogens with zero attached hydrogens (tertiary/aromatic N) is 4. The molecule has 0 unspecified atom stereocenters. The molecule has 2 aromatic rings. The molecule has 0 atom stereocenters. The zero-order valence-electron chi connectivity index (χ0n) is 15.1. The highest BCUT2D eigenvalue weighted by atomic mass is 17.0. The number of pyridine rings is 1. The van der Waals surface area contributed by atoms with Crippen molar-refractivity contribution in [2.75, 3.05) is 13.8 Å². The van der Waals surface area contributed by atoms with E-state index in [9.17, 15) is 29.3 Å². The van der Waals surface area contributed by atoms with Crippen LogP contribution in [0.4, 0.5) is 0 Å². The van der Waals surface area contributed by atoms with Gasteiger partial charge in [-0.25, -0.2) is 0 Å². The molecule has 1 aromatic carbocycles. The second-order valence-corrected chi connectivity index (χ2v) is 6.11. The van der Waals surface area contributed by atoms with E-state index in [0.717, 1.165) is 21.9 Å². The molecule has 11 heteroatoms. The smallest absolute Gasteiger partial charge is 0.296 e. The van der Waals surface area contributed by atoms with Gasteiger partial charge in [-0.1, -0.05) is 6.07 Å². The fourth-order valence-corrected chi connectivity index (χ4v) is 2.83. The number of fused-ring (bicyclic) bond motifs is 1. The van der Waals surface area contributed by atoms with Gasteiger partial charge in [-0.05, 0) is 24.3 Å². The van der Waals surface area contributed by atoms with Crippen LogP contribution >= 0.6 is 0 Å². The van der Waals surface area contributed by atoms with Crippen molar-refractivity contribution in [2.45, 2.75) is 6.54 Å². The molecule has 2 heterocycles. The van der Waals surface area contributed by atoms with Crippen LogP contribution in [0.3, 0.4) is 0 Å². The third-order valence-electron chi connectivity index (χ3n) is 4.25. The molecule has 148 valence electrons. The maximum absolute atomic E-state index is 12.7. The van der Waals surface area contributed by atoms with Crippen LogP contribution < -0.4 is 0 Å². The van der Waals surface area contributed by atoms with Crippen LogP contribution in [0.25, 0.3) is 0 Å². The zero-order valence-corrected chi connectivity index (χ0v) is 15.1. The molecule has 0 bridgehead atoms. The molecule has 0 radical (unpaired) electrons. The zero-order chi connectivity index (χ0) is 21.1. The Balaban J connectivity index is 1.93. The van der Waals surface area contributed by atoms with Crippen molar-refractivity contribution in [2.24, 2.45) is 0 Å². The SMILES string of the molecule is CN(CO[N+](=O)[O-])C(=O)c1cc2c(cc1C=O)C(=O)N(Cc1ccccn1)C2=O. The number of hydrogen-bond acceptors (Lipinski definition) is 8. The normalized spacial score (nSPS) is 12.5. The standard InChI is InChI=1S/C18H14N4O7/c1-20(10-29-22(27)28)16(24)13-7-15-14(6-11(13)9-23)17(25)21(18(15)26)8-12-4-2-3-5-19-12/h2-7,9H,8,10H2,1H3. The van der Waals surface area contributed by atoms with E-state index in [0.29, 0.717) is 12.0 Å². The molecular weight excluding hydrogens is 384 g/mol. The van der Waals surface area contributed by atoms with Crippen molar-refractivity contribution in [3.05, 3.63) is 74.6 Å². The molecule has 3 amide bonds. The van der Waals surface area contributed by atoms with Crippen molar-refractivity contribution < 1.29 is 29.1 Å². The fraction of sp³-hybridized carbons (Fsp3) is 0.167. The van der Waals surface area contributed by atoms with Crippen LogP contribution in [-0.2, 0) is 11.4 Å². The predicted octanol–water partition coefficient (Wildman–Crippen LogP) is 0.928. The number of benzene rings is 1.